The second-order valence-electron chi connectivity index (χ2n) is 8.01. The third-order valence-electron chi connectivity index (χ3n) is 5.87. The molecule has 0 aliphatic carbocycles. The van der Waals surface area contributed by atoms with Crippen LogP contribution in [-0.4, -0.2) is 41.9 Å². The standard InChI is InChI=1S/C22H18Cl3F3N2OS/c1-11-4-12(2-3-15(11)20(31)30-14-8-32-9-14)18-7-21(10-29-18,22(26,27)28)13-5-16(23)19(25)17(24)6-13/h2-6,14H,7-10H2,1H3,(H,30,31). The smallest absolute Gasteiger partial charge is 0.348 e. The van der Waals surface area contributed by atoms with E-state index in [1.54, 1.807) is 36.9 Å². The Morgan fingerprint density at radius 2 is 1.81 bits per heavy atom. The molecule has 32 heavy (non-hydrogen) atoms. The Balaban J connectivity index is 1.62. The monoisotopic (exact) mass is 520 g/mol. The molecule has 1 atom stereocenters. The van der Waals surface area contributed by atoms with Crippen LogP contribution >= 0.6 is 46.6 Å². The summed E-state index contributed by atoms with van der Waals surface area (Å²) in [6.45, 7) is 1.28. The number of alkyl halides is 3. The molecular weight excluding hydrogens is 504 g/mol. The molecular formula is C22H18Cl3F3N2OS. The molecule has 0 radical (unpaired) electrons. The molecule has 1 fully saturated rings. The zero-order valence-corrected chi connectivity index (χ0v) is 19.9. The molecule has 170 valence electrons. The number of aryl methyl sites for hydroxylation is 1. The number of amides is 1. The molecule has 0 saturated carbocycles. The van der Waals surface area contributed by atoms with Crippen LogP contribution in [0.15, 0.2) is 35.3 Å². The fraction of sp³-hybridized carbons (Fsp3) is 0.364. The van der Waals surface area contributed by atoms with Crippen molar-refractivity contribution < 1.29 is 18.0 Å². The molecule has 1 saturated heterocycles. The van der Waals surface area contributed by atoms with Crippen LogP contribution in [0.25, 0.3) is 0 Å². The Labute approximate surface area is 202 Å². The molecule has 2 aromatic carbocycles. The number of benzene rings is 2. The molecule has 0 bridgehead atoms. The maximum atomic E-state index is 14.3. The lowest BCUT2D eigenvalue weighted by Crippen LogP contribution is -2.44. The summed E-state index contributed by atoms with van der Waals surface area (Å²) in [5.74, 6) is 1.60. The summed E-state index contributed by atoms with van der Waals surface area (Å²) in [6.07, 6.45) is -4.95. The van der Waals surface area contributed by atoms with Crippen LogP contribution in [0.4, 0.5) is 13.2 Å². The number of aliphatic imine (C=N–C) groups is 1. The van der Waals surface area contributed by atoms with Crippen LogP contribution < -0.4 is 5.32 Å². The van der Waals surface area contributed by atoms with Crippen LogP contribution in [0.2, 0.25) is 15.1 Å². The minimum absolute atomic E-state index is 0.0125. The van der Waals surface area contributed by atoms with Gasteiger partial charge in [0.2, 0.25) is 0 Å². The van der Waals surface area contributed by atoms with Gasteiger partial charge in [-0.3, -0.25) is 9.79 Å². The molecule has 2 heterocycles. The lowest BCUT2D eigenvalue weighted by atomic mass is 9.76. The summed E-state index contributed by atoms with van der Waals surface area (Å²) in [5, 5.41) is 2.89. The minimum atomic E-state index is -4.59. The molecule has 4 rings (SSSR count). The molecule has 1 unspecified atom stereocenters. The van der Waals surface area contributed by atoms with Gasteiger partial charge in [0.1, 0.15) is 5.41 Å². The maximum Gasteiger partial charge on any atom is 0.400 e. The topological polar surface area (TPSA) is 41.5 Å². The van der Waals surface area contributed by atoms with Gasteiger partial charge in [0.25, 0.3) is 5.91 Å². The third kappa shape index (κ3) is 4.25. The summed E-state index contributed by atoms with van der Waals surface area (Å²) in [7, 11) is 0. The number of thioether (sulfide) groups is 1. The average molecular weight is 522 g/mol. The summed E-state index contributed by atoms with van der Waals surface area (Å²) in [6, 6.07) is 7.56. The van der Waals surface area contributed by atoms with E-state index < -0.39 is 18.1 Å². The van der Waals surface area contributed by atoms with Gasteiger partial charge >= 0.3 is 6.18 Å². The molecule has 3 nitrogen and oxygen atoms in total. The quantitative estimate of drug-likeness (QED) is 0.467. The van der Waals surface area contributed by atoms with Crippen molar-refractivity contribution in [1.29, 1.82) is 0 Å². The summed E-state index contributed by atoms with van der Waals surface area (Å²) in [5.41, 5.74) is -0.287. The van der Waals surface area contributed by atoms with E-state index in [0.717, 1.165) is 11.5 Å². The van der Waals surface area contributed by atoms with Crippen molar-refractivity contribution in [2.75, 3.05) is 18.1 Å². The zero-order chi connectivity index (χ0) is 23.3. The first kappa shape index (κ1) is 23.7. The normalized spacial score (nSPS) is 21.3. The van der Waals surface area contributed by atoms with E-state index in [1.807, 2.05) is 0 Å². The number of hydrogen-bond donors (Lipinski definition) is 1. The van der Waals surface area contributed by atoms with E-state index in [0.29, 0.717) is 22.4 Å². The summed E-state index contributed by atoms with van der Waals surface area (Å²) >= 11 is 19.7. The first-order valence-electron chi connectivity index (χ1n) is 9.76. The molecule has 2 aromatic rings. The van der Waals surface area contributed by atoms with Crippen LogP contribution in [0, 0.1) is 6.92 Å². The highest BCUT2D eigenvalue weighted by atomic mass is 35.5. The molecule has 1 amide bonds. The van der Waals surface area contributed by atoms with Crippen molar-refractivity contribution in [2.24, 2.45) is 4.99 Å². The second kappa shape index (κ2) is 8.75. The van der Waals surface area contributed by atoms with E-state index in [9.17, 15) is 18.0 Å². The SMILES string of the molecule is Cc1cc(C2=NCC(c3cc(Cl)c(Cl)c(Cl)c3)(C(F)(F)F)C2)ccc1C(=O)NC1CSC1. The zero-order valence-electron chi connectivity index (χ0n) is 16.8. The molecule has 2 aliphatic heterocycles. The van der Waals surface area contributed by atoms with Gasteiger partial charge in [-0.15, -0.1) is 0 Å². The molecule has 0 spiro atoms. The Bertz CT molecular complexity index is 1100. The number of carbonyl (C=O) groups excluding carboxylic acids is 1. The predicted molar refractivity (Wildman–Crippen MR) is 125 cm³/mol. The highest BCUT2D eigenvalue weighted by Gasteiger charge is 2.58. The first-order valence-corrected chi connectivity index (χ1v) is 12.1. The number of nitrogens with zero attached hydrogens (tertiary/aromatic N) is 1. The van der Waals surface area contributed by atoms with Gasteiger partial charge < -0.3 is 5.32 Å². The second-order valence-corrected chi connectivity index (χ2v) is 10.3. The van der Waals surface area contributed by atoms with Crippen molar-refractivity contribution in [3.8, 4) is 0 Å². The lowest BCUT2D eigenvalue weighted by Gasteiger charge is -2.32. The van der Waals surface area contributed by atoms with E-state index in [4.69, 9.17) is 34.8 Å². The Hall–Kier alpha value is -1.41. The Morgan fingerprint density at radius 1 is 1.16 bits per heavy atom. The summed E-state index contributed by atoms with van der Waals surface area (Å²) in [4.78, 5) is 16.7. The van der Waals surface area contributed by atoms with E-state index in [-0.39, 0.29) is 39.0 Å². The van der Waals surface area contributed by atoms with Gasteiger partial charge in [-0.2, -0.15) is 24.9 Å². The number of halogens is 6. The molecule has 1 N–H and O–H groups in total. The van der Waals surface area contributed by atoms with Gasteiger partial charge in [0, 0.05) is 35.2 Å². The van der Waals surface area contributed by atoms with Crippen molar-refractivity contribution >= 4 is 58.2 Å². The number of carbonyl (C=O) groups is 1. The largest absolute Gasteiger partial charge is 0.400 e. The van der Waals surface area contributed by atoms with Crippen molar-refractivity contribution in [3.05, 3.63) is 67.7 Å². The molecule has 2 aliphatic rings. The highest BCUT2D eigenvalue weighted by molar-refractivity contribution is 8.00. The maximum absolute atomic E-state index is 14.3. The van der Waals surface area contributed by atoms with Crippen molar-refractivity contribution in [2.45, 2.75) is 31.0 Å². The van der Waals surface area contributed by atoms with Gasteiger partial charge in [-0.1, -0.05) is 40.9 Å². The van der Waals surface area contributed by atoms with E-state index >= 15 is 0 Å². The highest BCUT2D eigenvalue weighted by Crippen LogP contribution is 2.49. The van der Waals surface area contributed by atoms with Gasteiger partial charge in [0.15, 0.2) is 0 Å². The average Bonchev–Trinajstić information content (AvgIpc) is 3.15. The van der Waals surface area contributed by atoms with Crippen molar-refractivity contribution in [1.82, 2.24) is 5.32 Å². The number of rotatable bonds is 4. The molecule has 0 aromatic heterocycles. The lowest BCUT2D eigenvalue weighted by molar-refractivity contribution is -0.183. The van der Waals surface area contributed by atoms with Crippen molar-refractivity contribution in [3.63, 3.8) is 0 Å². The van der Waals surface area contributed by atoms with Crippen LogP contribution in [0.3, 0.4) is 0 Å². The van der Waals surface area contributed by atoms with E-state index in [1.165, 1.54) is 12.1 Å². The third-order valence-corrected chi connectivity index (χ3v) is 8.34. The van der Waals surface area contributed by atoms with Gasteiger partial charge in [-0.25, -0.2) is 0 Å². The first-order chi connectivity index (χ1) is 15.0. The summed E-state index contributed by atoms with van der Waals surface area (Å²) < 4.78 is 43.0. The Morgan fingerprint density at radius 3 is 2.34 bits per heavy atom. The van der Waals surface area contributed by atoms with E-state index in [2.05, 4.69) is 10.3 Å². The Kier molecular flexibility index (Phi) is 6.49. The minimum Gasteiger partial charge on any atom is -0.348 e. The number of nitrogens with one attached hydrogen (secondary N) is 1. The fourth-order valence-electron chi connectivity index (χ4n) is 3.88. The number of hydrogen-bond acceptors (Lipinski definition) is 3. The predicted octanol–water partition coefficient (Wildman–Crippen LogP) is 6.49. The van der Waals surface area contributed by atoms with Gasteiger partial charge in [0.05, 0.1) is 21.6 Å². The van der Waals surface area contributed by atoms with Gasteiger partial charge in [-0.05, 0) is 47.9 Å². The van der Waals surface area contributed by atoms with Crippen LogP contribution in [0.1, 0.15) is 33.5 Å². The molecule has 10 heteroatoms. The van der Waals surface area contributed by atoms with Crippen LogP contribution in [0.5, 0.6) is 0 Å². The fourth-order valence-corrected chi connectivity index (χ4v) is 5.11. The van der Waals surface area contributed by atoms with Crippen LogP contribution in [-0.2, 0) is 5.41 Å².